The van der Waals surface area contributed by atoms with Crippen LogP contribution in [0.25, 0.3) is 0 Å². The summed E-state index contributed by atoms with van der Waals surface area (Å²) in [5.41, 5.74) is 0.479. The lowest BCUT2D eigenvalue weighted by molar-refractivity contribution is -0.274. The smallest absolute Gasteiger partial charge is 0.406 e. The zero-order valence-corrected chi connectivity index (χ0v) is 20.4. The van der Waals surface area contributed by atoms with Gasteiger partial charge in [-0.2, -0.15) is 0 Å². The molecule has 2 unspecified atom stereocenters. The molecule has 2 fully saturated rings. The summed E-state index contributed by atoms with van der Waals surface area (Å²) in [7, 11) is 1.74. The van der Waals surface area contributed by atoms with Crippen molar-refractivity contribution in [3.8, 4) is 11.6 Å². The van der Waals surface area contributed by atoms with Crippen molar-refractivity contribution in [2.24, 2.45) is 24.8 Å². The first-order valence-electron chi connectivity index (χ1n) is 11.8. The van der Waals surface area contributed by atoms with Gasteiger partial charge in [0.15, 0.2) is 0 Å². The zero-order valence-electron chi connectivity index (χ0n) is 20.4. The zero-order chi connectivity index (χ0) is 26.0. The van der Waals surface area contributed by atoms with E-state index < -0.39 is 12.5 Å². The topological polar surface area (TPSA) is 88.9 Å². The minimum Gasteiger partial charge on any atom is -0.406 e. The Balaban J connectivity index is 1.40. The van der Waals surface area contributed by atoms with Crippen LogP contribution in [0.3, 0.4) is 0 Å². The highest BCUT2D eigenvalue weighted by atomic mass is 19.4. The van der Waals surface area contributed by atoms with Crippen LogP contribution in [0.2, 0.25) is 0 Å². The molecule has 0 radical (unpaired) electrons. The Kier molecular flexibility index (Phi) is 7.43. The lowest BCUT2D eigenvalue weighted by Crippen LogP contribution is -2.41. The molecule has 2 atom stereocenters. The molecule has 1 saturated heterocycles. The number of aromatic nitrogens is 2. The minimum absolute atomic E-state index is 0.00984. The van der Waals surface area contributed by atoms with Crippen LogP contribution < -0.4 is 14.8 Å². The minimum atomic E-state index is -4.81. The molecule has 9 nitrogen and oxygen atoms in total. The van der Waals surface area contributed by atoms with Crippen LogP contribution in [0.1, 0.15) is 19.4 Å². The number of hydrogen-bond acceptors (Lipinski definition) is 6. The second-order valence-electron chi connectivity index (χ2n) is 9.73. The number of imidazole rings is 1. The van der Waals surface area contributed by atoms with Gasteiger partial charge < -0.3 is 24.3 Å². The number of alkyl halides is 3. The summed E-state index contributed by atoms with van der Waals surface area (Å²) in [5, 5.41) is 2.89. The maximum Gasteiger partial charge on any atom is 0.573 e. The van der Waals surface area contributed by atoms with Crippen molar-refractivity contribution >= 4 is 12.0 Å². The highest BCUT2D eigenvalue weighted by Gasteiger charge is 2.56. The van der Waals surface area contributed by atoms with Crippen molar-refractivity contribution in [3.05, 3.63) is 42.4 Å². The number of aryl methyl sites for hydroxylation is 1. The lowest BCUT2D eigenvalue weighted by atomic mass is 10.2. The van der Waals surface area contributed by atoms with Gasteiger partial charge in [-0.1, -0.05) is 12.1 Å². The normalized spacial score (nSPS) is 21.2. The van der Waals surface area contributed by atoms with Crippen molar-refractivity contribution < 1.29 is 32.2 Å². The third-order valence-corrected chi connectivity index (χ3v) is 6.33. The molecule has 12 heteroatoms. The molecule has 1 aliphatic carbocycles. The highest BCUT2D eigenvalue weighted by Crippen LogP contribution is 2.52. The van der Waals surface area contributed by atoms with Crippen molar-refractivity contribution in [1.82, 2.24) is 24.7 Å². The van der Waals surface area contributed by atoms with Crippen molar-refractivity contribution in [2.45, 2.75) is 32.8 Å². The standard InChI is InChI=1S/C24H30F3N5O4/c1-15(2)29-21(33)12-31-9-18-19(10-31)20(18)11-32(23(34)35-22-13-30(3)14-28-22)8-16-5-4-6-17(7-16)36-24(25,26)27/h4-7,13-15,18-20H,8-12H2,1-3H3,(H,29,33). The molecule has 0 bridgehead atoms. The molecule has 2 aliphatic rings. The third kappa shape index (κ3) is 6.90. The molecule has 4 rings (SSSR count). The number of ether oxygens (including phenoxy) is 2. The second kappa shape index (κ2) is 10.4. The molecule has 1 N–H and O–H groups in total. The first-order chi connectivity index (χ1) is 17.0. The monoisotopic (exact) mass is 509 g/mol. The first-order valence-corrected chi connectivity index (χ1v) is 11.8. The van der Waals surface area contributed by atoms with Gasteiger partial charge in [-0.15, -0.1) is 13.2 Å². The first kappa shape index (κ1) is 25.8. The van der Waals surface area contributed by atoms with Gasteiger partial charge in [0.2, 0.25) is 11.8 Å². The number of fused-ring (bicyclic) bond motifs is 1. The average molecular weight is 510 g/mol. The number of carbonyl (C=O) groups excluding carboxylic acids is 2. The number of likely N-dealkylation sites (tertiary alicyclic amines) is 1. The Labute approximate surface area is 207 Å². The van der Waals surface area contributed by atoms with Gasteiger partial charge in [-0.3, -0.25) is 9.69 Å². The van der Waals surface area contributed by atoms with Crippen LogP contribution in [0.4, 0.5) is 18.0 Å². The molecule has 2 aromatic rings. The number of carbonyl (C=O) groups is 2. The van der Waals surface area contributed by atoms with Crippen LogP contribution in [0, 0.1) is 17.8 Å². The fourth-order valence-corrected chi connectivity index (χ4v) is 4.82. The Hall–Kier alpha value is -3.28. The second-order valence-corrected chi connectivity index (χ2v) is 9.73. The Bertz CT molecular complexity index is 1080. The Morgan fingerprint density at radius 3 is 2.58 bits per heavy atom. The Morgan fingerprint density at radius 2 is 1.97 bits per heavy atom. The maximum atomic E-state index is 13.0. The largest absolute Gasteiger partial charge is 0.573 e. The molecule has 1 aromatic heterocycles. The number of amides is 2. The number of hydrogen-bond donors (Lipinski definition) is 1. The van der Waals surface area contributed by atoms with Gasteiger partial charge in [0.25, 0.3) is 0 Å². The summed E-state index contributed by atoms with van der Waals surface area (Å²) in [6, 6.07) is 5.64. The fourth-order valence-electron chi connectivity index (χ4n) is 4.82. The van der Waals surface area contributed by atoms with Crippen molar-refractivity contribution in [3.63, 3.8) is 0 Å². The quantitative estimate of drug-likeness (QED) is 0.559. The summed E-state index contributed by atoms with van der Waals surface area (Å²) < 4.78 is 49.0. The average Bonchev–Trinajstić information content (AvgIpc) is 3.07. The van der Waals surface area contributed by atoms with Gasteiger partial charge in [-0.25, -0.2) is 9.78 Å². The van der Waals surface area contributed by atoms with Gasteiger partial charge in [0.05, 0.1) is 19.1 Å². The predicted molar refractivity (Wildman–Crippen MR) is 123 cm³/mol. The number of piperidine rings is 1. The highest BCUT2D eigenvalue weighted by molar-refractivity contribution is 5.78. The van der Waals surface area contributed by atoms with Gasteiger partial charge in [0, 0.05) is 39.3 Å². The number of benzene rings is 1. The van der Waals surface area contributed by atoms with Crippen LogP contribution >= 0.6 is 0 Å². The summed E-state index contributed by atoms with van der Waals surface area (Å²) in [5.74, 6) is 0.699. The van der Waals surface area contributed by atoms with E-state index in [0.29, 0.717) is 30.5 Å². The SMILES string of the molecule is CC(C)NC(=O)CN1CC2C(C1)C2CN(Cc1cccc(OC(F)(F)F)c1)C(=O)Oc1cn(C)cn1. The van der Waals surface area contributed by atoms with E-state index in [2.05, 4.69) is 19.9 Å². The summed E-state index contributed by atoms with van der Waals surface area (Å²) in [6.45, 7) is 6.14. The fraction of sp³-hybridized carbons (Fsp3) is 0.542. The van der Waals surface area contributed by atoms with Gasteiger partial charge >= 0.3 is 12.5 Å². The summed E-state index contributed by atoms with van der Waals surface area (Å²) >= 11 is 0. The molecular weight excluding hydrogens is 479 g/mol. The van der Waals surface area contributed by atoms with E-state index in [4.69, 9.17) is 4.74 Å². The van der Waals surface area contributed by atoms with Crippen molar-refractivity contribution in [1.29, 1.82) is 0 Å². The van der Waals surface area contributed by atoms with Crippen LogP contribution in [-0.4, -0.2) is 69.9 Å². The van der Waals surface area contributed by atoms with Gasteiger partial charge in [-0.05, 0) is 49.3 Å². The lowest BCUT2D eigenvalue weighted by Gasteiger charge is -2.25. The van der Waals surface area contributed by atoms with E-state index in [-0.39, 0.29) is 36.0 Å². The molecule has 1 aromatic carbocycles. The Morgan fingerprint density at radius 1 is 1.25 bits per heavy atom. The predicted octanol–water partition coefficient (Wildman–Crippen LogP) is 3.02. The summed E-state index contributed by atoms with van der Waals surface area (Å²) in [4.78, 5) is 32.7. The summed E-state index contributed by atoms with van der Waals surface area (Å²) in [6.07, 6.45) is -2.38. The molecule has 196 valence electrons. The third-order valence-electron chi connectivity index (χ3n) is 6.33. The van der Waals surface area contributed by atoms with E-state index in [9.17, 15) is 22.8 Å². The van der Waals surface area contributed by atoms with E-state index in [1.807, 2.05) is 13.8 Å². The number of halogens is 3. The van der Waals surface area contributed by atoms with Crippen LogP contribution in [0.15, 0.2) is 36.8 Å². The number of nitrogens with zero attached hydrogens (tertiary/aromatic N) is 4. The molecule has 0 spiro atoms. The van der Waals surface area contributed by atoms with E-state index in [0.717, 1.165) is 13.1 Å². The molecule has 1 saturated carbocycles. The molecule has 36 heavy (non-hydrogen) atoms. The molecular formula is C24H30F3N5O4. The molecule has 2 heterocycles. The van der Waals surface area contributed by atoms with E-state index in [1.54, 1.807) is 23.9 Å². The van der Waals surface area contributed by atoms with E-state index in [1.165, 1.54) is 29.4 Å². The molecule has 1 aliphatic heterocycles. The maximum absolute atomic E-state index is 13.0. The van der Waals surface area contributed by atoms with Crippen LogP contribution in [-0.2, 0) is 18.4 Å². The van der Waals surface area contributed by atoms with Crippen LogP contribution in [0.5, 0.6) is 11.6 Å². The van der Waals surface area contributed by atoms with Gasteiger partial charge in [0.1, 0.15) is 5.75 Å². The van der Waals surface area contributed by atoms with E-state index >= 15 is 0 Å². The molecule has 2 amide bonds. The van der Waals surface area contributed by atoms with Crippen molar-refractivity contribution in [2.75, 3.05) is 26.2 Å². The number of rotatable bonds is 9. The number of nitrogens with one attached hydrogen (secondary N) is 1.